The molecule has 0 spiro atoms. The van der Waals surface area contributed by atoms with Gasteiger partial charge in [0, 0.05) is 5.69 Å². The maximum Gasteiger partial charge on any atom is 0.262 e. The molecule has 7 heteroatoms. The van der Waals surface area contributed by atoms with Crippen LogP contribution in [0.2, 0.25) is 0 Å². The van der Waals surface area contributed by atoms with Gasteiger partial charge in [0.15, 0.2) is 0 Å². The molecule has 0 aliphatic rings. The lowest BCUT2D eigenvalue weighted by atomic mass is 10.1. The molecule has 0 atom stereocenters. The number of nitrogens with zero attached hydrogens (tertiary/aromatic N) is 1. The quantitative estimate of drug-likeness (QED) is 0.745. The van der Waals surface area contributed by atoms with Gasteiger partial charge in [-0.2, -0.15) is 0 Å². The van der Waals surface area contributed by atoms with Crippen molar-refractivity contribution in [1.82, 2.24) is 9.97 Å². The smallest absolute Gasteiger partial charge is 0.262 e. The van der Waals surface area contributed by atoms with Crippen molar-refractivity contribution in [2.45, 2.75) is 11.8 Å². The first-order chi connectivity index (χ1) is 11.5. The van der Waals surface area contributed by atoms with Crippen LogP contribution in [0.15, 0.2) is 59.9 Å². The summed E-state index contributed by atoms with van der Waals surface area (Å²) in [6.45, 7) is 1.73. The Morgan fingerprint density at radius 3 is 2.46 bits per heavy atom. The van der Waals surface area contributed by atoms with Gasteiger partial charge in [0.2, 0.25) is 0 Å². The third-order valence-electron chi connectivity index (χ3n) is 3.62. The van der Waals surface area contributed by atoms with E-state index in [1.54, 1.807) is 50.8 Å². The molecule has 0 fully saturated rings. The molecule has 0 aliphatic carbocycles. The van der Waals surface area contributed by atoms with E-state index in [1.165, 1.54) is 6.07 Å². The molecule has 0 saturated heterocycles. The van der Waals surface area contributed by atoms with Gasteiger partial charge in [0.1, 0.15) is 5.75 Å². The molecule has 0 amide bonds. The molecule has 1 aromatic heterocycles. The van der Waals surface area contributed by atoms with Crippen LogP contribution in [0.4, 0.5) is 5.69 Å². The number of anilines is 1. The number of aromatic nitrogens is 2. The summed E-state index contributed by atoms with van der Waals surface area (Å²) >= 11 is 0. The monoisotopic (exact) mass is 343 g/mol. The molecule has 6 nitrogen and oxygen atoms in total. The summed E-state index contributed by atoms with van der Waals surface area (Å²) in [5.74, 6) is 0.621. The van der Waals surface area contributed by atoms with Crippen molar-refractivity contribution < 1.29 is 13.2 Å². The SMILES string of the molecule is COc1ccc(S(=O)(=O)Nc2ccc(-c3cnc[nH]3)cc2)c(C)c1. The Morgan fingerprint density at radius 1 is 1.12 bits per heavy atom. The van der Waals surface area contributed by atoms with Crippen molar-refractivity contribution in [3.63, 3.8) is 0 Å². The second-order valence-corrected chi connectivity index (χ2v) is 6.93. The number of benzene rings is 2. The van der Waals surface area contributed by atoms with E-state index in [1.807, 2.05) is 12.1 Å². The lowest BCUT2D eigenvalue weighted by Crippen LogP contribution is -2.14. The maximum absolute atomic E-state index is 12.6. The predicted molar refractivity (Wildman–Crippen MR) is 92.6 cm³/mol. The third-order valence-corrected chi connectivity index (χ3v) is 5.16. The van der Waals surface area contributed by atoms with Crippen LogP contribution >= 0.6 is 0 Å². The number of hydrogen-bond acceptors (Lipinski definition) is 4. The van der Waals surface area contributed by atoms with E-state index in [4.69, 9.17) is 4.74 Å². The number of aromatic amines is 1. The van der Waals surface area contributed by atoms with Crippen LogP contribution in [0.1, 0.15) is 5.56 Å². The van der Waals surface area contributed by atoms with Gasteiger partial charge < -0.3 is 9.72 Å². The second-order valence-electron chi connectivity index (χ2n) is 5.28. The summed E-state index contributed by atoms with van der Waals surface area (Å²) in [6.07, 6.45) is 3.30. The zero-order valence-electron chi connectivity index (χ0n) is 13.3. The molecule has 124 valence electrons. The third kappa shape index (κ3) is 3.26. The van der Waals surface area contributed by atoms with Gasteiger partial charge in [-0.3, -0.25) is 4.72 Å². The van der Waals surface area contributed by atoms with E-state index in [9.17, 15) is 8.42 Å². The number of nitrogens with one attached hydrogen (secondary N) is 2. The Balaban J connectivity index is 1.84. The molecule has 3 rings (SSSR count). The second kappa shape index (κ2) is 6.37. The van der Waals surface area contributed by atoms with Crippen molar-refractivity contribution in [3.8, 4) is 17.0 Å². The minimum atomic E-state index is -3.66. The Kier molecular flexibility index (Phi) is 4.26. The van der Waals surface area contributed by atoms with E-state index in [2.05, 4.69) is 14.7 Å². The highest BCUT2D eigenvalue weighted by Gasteiger charge is 2.17. The van der Waals surface area contributed by atoms with E-state index in [0.717, 1.165) is 11.3 Å². The van der Waals surface area contributed by atoms with Gasteiger partial charge in [-0.15, -0.1) is 0 Å². The normalized spacial score (nSPS) is 11.2. The first-order valence-electron chi connectivity index (χ1n) is 7.26. The van der Waals surface area contributed by atoms with Crippen LogP contribution in [-0.4, -0.2) is 25.5 Å². The Bertz CT molecular complexity index is 934. The predicted octanol–water partition coefficient (Wildman–Crippen LogP) is 3.19. The molecule has 1 heterocycles. The summed E-state index contributed by atoms with van der Waals surface area (Å²) in [6, 6.07) is 11.9. The number of aryl methyl sites for hydroxylation is 1. The van der Waals surface area contributed by atoms with Crippen LogP contribution in [0.3, 0.4) is 0 Å². The van der Waals surface area contributed by atoms with Crippen LogP contribution < -0.4 is 9.46 Å². The van der Waals surface area contributed by atoms with Crippen molar-refractivity contribution in [1.29, 1.82) is 0 Å². The fraction of sp³-hybridized carbons (Fsp3) is 0.118. The van der Waals surface area contributed by atoms with Gasteiger partial charge in [-0.25, -0.2) is 13.4 Å². The highest BCUT2D eigenvalue weighted by molar-refractivity contribution is 7.92. The number of rotatable bonds is 5. The molecular weight excluding hydrogens is 326 g/mol. The van der Waals surface area contributed by atoms with Crippen LogP contribution in [0.25, 0.3) is 11.3 Å². The number of methoxy groups -OCH3 is 1. The van der Waals surface area contributed by atoms with E-state index < -0.39 is 10.0 Å². The first-order valence-corrected chi connectivity index (χ1v) is 8.74. The average molecular weight is 343 g/mol. The molecule has 24 heavy (non-hydrogen) atoms. The van der Waals surface area contributed by atoms with Gasteiger partial charge in [-0.05, 0) is 48.4 Å². The Labute approximate surface area is 140 Å². The highest BCUT2D eigenvalue weighted by atomic mass is 32.2. The van der Waals surface area contributed by atoms with Gasteiger partial charge >= 0.3 is 0 Å². The Morgan fingerprint density at radius 2 is 1.88 bits per heavy atom. The zero-order valence-corrected chi connectivity index (χ0v) is 14.1. The summed E-state index contributed by atoms with van der Waals surface area (Å²) < 4.78 is 32.8. The molecule has 2 N–H and O–H groups in total. The maximum atomic E-state index is 12.6. The van der Waals surface area contributed by atoms with E-state index in [0.29, 0.717) is 17.0 Å². The molecule has 0 bridgehead atoms. The molecule has 0 aliphatic heterocycles. The van der Waals surface area contributed by atoms with Crippen LogP contribution in [0, 0.1) is 6.92 Å². The zero-order chi connectivity index (χ0) is 17.2. The number of imidazole rings is 1. The fourth-order valence-corrected chi connectivity index (χ4v) is 3.68. The first kappa shape index (κ1) is 16.1. The van der Waals surface area contributed by atoms with Crippen molar-refractivity contribution in [2.24, 2.45) is 0 Å². The summed E-state index contributed by atoms with van der Waals surface area (Å²) in [4.78, 5) is 7.19. The van der Waals surface area contributed by atoms with Crippen molar-refractivity contribution in [3.05, 3.63) is 60.6 Å². The van der Waals surface area contributed by atoms with Crippen molar-refractivity contribution in [2.75, 3.05) is 11.8 Å². The number of H-pyrrole nitrogens is 1. The molecule has 0 unspecified atom stereocenters. The minimum Gasteiger partial charge on any atom is -0.497 e. The number of hydrogen-bond donors (Lipinski definition) is 2. The average Bonchev–Trinajstić information content (AvgIpc) is 3.09. The topological polar surface area (TPSA) is 84.1 Å². The van der Waals surface area contributed by atoms with Gasteiger partial charge in [0.25, 0.3) is 10.0 Å². The molecule has 2 aromatic carbocycles. The summed E-state index contributed by atoms with van der Waals surface area (Å²) in [7, 11) is -2.12. The molecule has 3 aromatic rings. The number of sulfonamides is 1. The summed E-state index contributed by atoms with van der Waals surface area (Å²) in [5, 5.41) is 0. The Hall–Kier alpha value is -2.80. The largest absolute Gasteiger partial charge is 0.497 e. The van der Waals surface area contributed by atoms with Crippen LogP contribution in [0.5, 0.6) is 5.75 Å². The van der Waals surface area contributed by atoms with Gasteiger partial charge in [-0.1, -0.05) is 12.1 Å². The minimum absolute atomic E-state index is 0.223. The highest BCUT2D eigenvalue weighted by Crippen LogP contribution is 2.24. The lowest BCUT2D eigenvalue weighted by Gasteiger charge is -2.11. The molecular formula is C17H17N3O3S. The lowest BCUT2D eigenvalue weighted by molar-refractivity contribution is 0.414. The summed E-state index contributed by atoms with van der Waals surface area (Å²) in [5.41, 5.74) is 2.91. The number of ether oxygens (including phenoxy) is 1. The van der Waals surface area contributed by atoms with E-state index >= 15 is 0 Å². The van der Waals surface area contributed by atoms with Gasteiger partial charge in [0.05, 0.1) is 30.2 Å². The molecule has 0 saturated carbocycles. The standard InChI is InChI=1S/C17H17N3O3S/c1-12-9-15(23-2)7-8-17(12)24(21,22)20-14-5-3-13(4-6-14)16-10-18-11-19-16/h3-11,20H,1-2H3,(H,18,19). The molecule has 0 radical (unpaired) electrons. The fourth-order valence-electron chi connectivity index (χ4n) is 2.39. The van der Waals surface area contributed by atoms with Crippen LogP contribution in [-0.2, 0) is 10.0 Å². The van der Waals surface area contributed by atoms with Crippen molar-refractivity contribution >= 4 is 15.7 Å². The van der Waals surface area contributed by atoms with E-state index in [-0.39, 0.29) is 4.90 Å².